The number of carbonyl (C=O) groups excluding carboxylic acids is 9. The average molecular weight is 1300 g/mol. The van der Waals surface area contributed by atoms with Gasteiger partial charge < -0.3 is 118 Å². The van der Waals surface area contributed by atoms with Crippen LogP contribution in [0.15, 0.2) is 5.11 Å². The molecule has 5 rings (SSSR count). The van der Waals surface area contributed by atoms with E-state index in [1.165, 1.54) is 42.7 Å². The number of nitrogens with zero attached hydrogens (tertiary/aromatic N) is 3. The molecule has 510 valence electrons. The van der Waals surface area contributed by atoms with Crippen LogP contribution in [0, 0.1) is 0 Å². The normalized spacial score (nSPS) is 36.7. The predicted octanol–water partition coefficient (Wildman–Crippen LogP) is -1.67. The van der Waals surface area contributed by atoms with Crippen molar-refractivity contribution < 1.29 is 162 Å². The summed E-state index contributed by atoms with van der Waals surface area (Å²) in [5, 5.41) is 3.85. The van der Waals surface area contributed by atoms with Crippen molar-refractivity contribution in [3.05, 3.63) is 10.4 Å². The number of ether oxygens (including phenoxy) is 25. The lowest BCUT2D eigenvalue weighted by Crippen LogP contribution is -2.70. The smallest absolute Gasteiger partial charge is 0.337 e. The molecule has 5 fully saturated rings. The third-order valence-corrected chi connectivity index (χ3v) is 14.4. The third kappa shape index (κ3) is 18.6. The van der Waals surface area contributed by atoms with Gasteiger partial charge in [-0.2, -0.15) is 0 Å². The van der Waals surface area contributed by atoms with Gasteiger partial charge in [0.25, 0.3) is 0 Å². The van der Waals surface area contributed by atoms with E-state index in [9.17, 15) is 48.7 Å². The molecule has 0 aromatic heterocycles. The number of hydrogen-bond acceptors (Lipinski definition) is 35. The maximum atomic E-state index is 14.1. The topological polar surface area (TPSA) is 433 Å². The Balaban J connectivity index is 1.59. The summed E-state index contributed by atoms with van der Waals surface area (Å²) in [7, 11) is 10.5. The second-order valence-electron chi connectivity index (χ2n) is 20.3. The van der Waals surface area contributed by atoms with E-state index in [0.717, 1.165) is 69.8 Å². The zero-order chi connectivity index (χ0) is 66.8. The van der Waals surface area contributed by atoms with E-state index in [1.807, 2.05) is 0 Å². The summed E-state index contributed by atoms with van der Waals surface area (Å²) in [5.74, 6) is -8.50. The molecule has 0 aromatic carbocycles. The molecule has 37 nitrogen and oxygen atoms in total. The van der Waals surface area contributed by atoms with Gasteiger partial charge in [-0.1, -0.05) is 5.11 Å². The van der Waals surface area contributed by atoms with Crippen LogP contribution in [-0.4, -0.2) is 291 Å². The largest absolute Gasteiger partial charge is 0.467 e. The number of hydrogen-bond donors (Lipinski definition) is 0. The molecular formula is C53H79N3O34. The summed E-state index contributed by atoms with van der Waals surface area (Å²) < 4.78 is 147. The fraction of sp³-hybridized carbons (Fsp3) is 0.830. The minimum Gasteiger partial charge on any atom is -0.467 e. The van der Waals surface area contributed by atoms with Crippen LogP contribution in [0.5, 0.6) is 0 Å². The van der Waals surface area contributed by atoms with Gasteiger partial charge in [-0.3, -0.25) is 33.6 Å². The Labute approximate surface area is 515 Å². The highest BCUT2D eigenvalue weighted by molar-refractivity contribution is 5.76. The van der Waals surface area contributed by atoms with Crippen LogP contribution in [-0.2, 0) is 162 Å². The van der Waals surface area contributed by atoms with Crippen LogP contribution in [0.1, 0.15) is 48.5 Å². The first-order chi connectivity index (χ1) is 42.8. The van der Waals surface area contributed by atoms with E-state index in [2.05, 4.69) is 10.0 Å². The lowest BCUT2D eigenvalue weighted by atomic mass is 9.94. The summed E-state index contributed by atoms with van der Waals surface area (Å²) >= 11 is 0. The fourth-order valence-electron chi connectivity index (χ4n) is 10.8. The van der Waals surface area contributed by atoms with Gasteiger partial charge in [0, 0.05) is 103 Å². The SMILES string of the molecule is COC(=O)C1O[C@@H](O[C@H]2C(OC(C)=O)C(OC(C)=O)[C@@H](O[C@H]3C(OC)C(OC)[C@@H](O[C@@H]4C(COC(C)=O)O[C@H](OC)C(OC(C)=O)[C@H]4OC(C)=O)O[C@H]3C(=O)OC)O[C@H]2COC(C)=O)C(OC)[C@@H](OC)[C@@H]1O[C@@H]1OC(COC(C)=O)[C@H](OC)[C@H](OC)C1N=[N+]=[N-]. The highest BCUT2D eigenvalue weighted by Crippen LogP contribution is 2.41. The highest BCUT2D eigenvalue weighted by atomic mass is 16.8. The molecule has 0 spiro atoms. The Bertz CT molecular complexity index is 2490. The van der Waals surface area contributed by atoms with Gasteiger partial charge in [0.2, 0.25) is 0 Å². The van der Waals surface area contributed by atoms with E-state index in [4.69, 9.17) is 118 Å². The van der Waals surface area contributed by atoms with Crippen molar-refractivity contribution in [1.82, 2.24) is 0 Å². The zero-order valence-electron chi connectivity index (χ0n) is 52.3. The first-order valence-electron chi connectivity index (χ1n) is 27.7. The second-order valence-corrected chi connectivity index (χ2v) is 20.3. The van der Waals surface area contributed by atoms with Crippen molar-refractivity contribution in [2.45, 2.75) is 202 Å². The molecule has 5 aliphatic heterocycles. The Morgan fingerprint density at radius 1 is 0.333 bits per heavy atom. The molecule has 5 aliphatic rings. The molecule has 10 unspecified atom stereocenters. The number of esters is 9. The van der Waals surface area contributed by atoms with Crippen LogP contribution in [0.4, 0.5) is 0 Å². The van der Waals surface area contributed by atoms with Crippen molar-refractivity contribution in [3.63, 3.8) is 0 Å². The molecule has 37 heteroatoms. The summed E-state index contributed by atoms with van der Waals surface area (Å²) in [4.78, 5) is 120. The second kappa shape index (κ2) is 35.1. The number of methoxy groups -OCH3 is 9. The first kappa shape index (κ1) is 74.6. The van der Waals surface area contributed by atoms with Crippen molar-refractivity contribution >= 4 is 53.7 Å². The Morgan fingerprint density at radius 2 is 0.644 bits per heavy atom. The molecule has 0 radical (unpaired) electrons. The number of azide groups is 1. The van der Waals surface area contributed by atoms with Gasteiger partial charge in [0.15, 0.2) is 68.1 Å². The van der Waals surface area contributed by atoms with E-state index in [1.54, 1.807) is 0 Å². The summed E-state index contributed by atoms with van der Waals surface area (Å²) in [5.41, 5.74) is 9.72. The summed E-state index contributed by atoms with van der Waals surface area (Å²) in [6.07, 6.45) is -39.1. The predicted molar refractivity (Wildman–Crippen MR) is 284 cm³/mol. The van der Waals surface area contributed by atoms with Gasteiger partial charge in [0.1, 0.15) is 99.1 Å². The van der Waals surface area contributed by atoms with Crippen LogP contribution < -0.4 is 0 Å². The minimum atomic E-state index is -2.04. The maximum Gasteiger partial charge on any atom is 0.337 e. The highest BCUT2D eigenvalue weighted by Gasteiger charge is 2.62. The number of rotatable bonds is 28. The van der Waals surface area contributed by atoms with Gasteiger partial charge in [-0.05, 0) is 5.53 Å². The molecule has 90 heavy (non-hydrogen) atoms. The third-order valence-electron chi connectivity index (χ3n) is 14.4. The average Bonchev–Trinajstić information content (AvgIpc) is 1.38. The quantitative estimate of drug-likeness (QED) is 0.0278. The molecule has 0 saturated carbocycles. The Kier molecular flexibility index (Phi) is 29.1. The van der Waals surface area contributed by atoms with Crippen molar-refractivity contribution in [3.8, 4) is 0 Å². The van der Waals surface area contributed by atoms with Crippen molar-refractivity contribution in [1.29, 1.82) is 0 Å². The van der Waals surface area contributed by atoms with Gasteiger partial charge in [-0.25, -0.2) is 9.59 Å². The molecule has 0 amide bonds. The summed E-state index contributed by atoms with van der Waals surface area (Å²) in [6, 6.07) is -1.38. The molecular weight excluding hydrogens is 1220 g/mol. The molecule has 0 N–H and O–H groups in total. The van der Waals surface area contributed by atoms with Crippen LogP contribution in [0.25, 0.3) is 10.4 Å². The van der Waals surface area contributed by atoms with Gasteiger partial charge in [0.05, 0.1) is 20.3 Å². The molecule has 0 aliphatic carbocycles. The number of carbonyl (C=O) groups is 9. The molecule has 5 saturated heterocycles. The molecule has 0 aromatic rings. The van der Waals surface area contributed by atoms with E-state index < -0.39 is 227 Å². The van der Waals surface area contributed by atoms with Gasteiger partial charge >= 0.3 is 53.7 Å². The molecule has 0 bridgehead atoms. The summed E-state index contributed by atoms with van der Waals surface area (Å²) in [6.45, 7) is 5.60. The van der Waals surface area contributed by atoms with Crippen LogP contribution in [0.2, 0.25) is 0 Å². The maximum absolute atomic E-state index is 14.1. The van der Waals surface area contributed by atoms with Crippen molar-refractivity contribution in [2.24, 2.45) is 5.11 Å². The lowest BCUT2D eigenvalue weighted by molar-refractivity contribution is -0.390. The monoisotopic (exact) mass is 1300 g/mol. The standard InChI is InChI=1S/C53H79N3O34/c1-20(57)75-17-27-31(66-8)34(67-9)30(55-56-54)49(82-27)87-39-35(68-10)43(70-12)51(89-41(39)47(64)72-14)86-33-29(19-77-22(3)59)84-53(46(81-26(7)63)38(33)79-24(5)61)88-40-36(69-11)44(71-13)52(90-42(40)48(65)73-15)85-32-28(18-76-21(2)58)83-50(74-16)45(80-25(6)62)37(32)78-23(4)60/h27-46,49-53H,17-19H2,1-16H3/t27?,28?,29-,30?,31-,32+,33+,34+,35-,36?,37-,38?,39-,40-,41?,42+,43?,44?,45?,46?,49-,50-,51+,52-,53+/m0/s1. The van der Waals surface area contributed by atoms with Crippen molar-refractivity contribution in [2.75, 3.05) is 83.8 Å². The minimum absolute atomic E-state index is 0.406. The zero-order valence-corrected chi connectivity index (χ0v) is 52.3. The van der Waals surface area contributed by atoms with E-state index >= 15 is 0 Å². The first-order valence-corrected chi connectivity index (χ1v) is 27.7. The van der Waals surface area contributed by atoms with Crippen LogP contribution in [0.3, 0.4) is 0 Å². The van der Waals surface area contributed by atoms with E-state index in [0.29, 0.717) is 0 Å². The Morgan fingerprint density at radius 3 is 0.978 bits per heavy atom. The lowest BCUT2D eigenvalue weighted by Gasteiger charge is -2.51. The fourth-order valence-corrected chi connectivity index (χ4v) is 10.8. The van der Waals surface area contributed by atoms with E-state index in [-0.39, 0.29) is 0 Å². The molecule has 25 atom stereocenters. The Hall–Kier alpha value is -6.10. The molecule has 5 heterocycles. The van der Waals surface area contributed by atoms with Crippen LogP contribution >= 0.6 is 0 Å². The van der Waals surface area contributed by atoms with Gasteiger partial charge in [-0.15, -0.1) is 0 Å².